The van der Waals surface area contributed by atoms with Crippen LogP contribution in [-0.2, 0) is 17.9 Å². The minimum absolute atomic E-state index is 0.121. The summed E-state index contributed by atoms with van der Waals surface area (Å²) in [4.78, 5) is 17.7. The molecule has 0 atom stereocenters. The van der Waals surface area contributed by atoms with Gasteiger partial charge in [-0.2, -0.15) is 5.10 Å². The van der Waals surface area contributed by atoms with Gasteiger partial charge in [-0.3, -0.25) is 14.4 Å². The molecule has 1 amide bonds. The number of likely N-dealkylation sites (tertiary alicyclic amines) is 2. The standard InChI is InChI=1S/C27H41N5O/c1-22-26(23(2)32(29-22)20-24-10-6-5-7-11-24)18-28-27(33)21-31-16-12-25(13-17-31)19-30-14-8-3-4-9-15-30/h5-7,10-11,25H,3-4,8-9,12-21H2,1-2H3,(H,28,33). The number of piperidine rings is 1. The molecule has 3 heterocycles. The molecule has 1 N–H and O–H groups in total. The maximum absolute atomic E-state index is 12.7. The van der Waals surface area contributed by atoms with Crippen LogP contribution >= 0.6 is 0 Å². The molecule has 0 aliphatic carbocycles. The van der Waals surface area contributed by atoms with Gasteiger partial charge >= 0.3 is 0 Å². The maximum atomic E-state index is 12.7. The molecule has 2 aromatic rings. The summed E-state index contributed by atoms with van der Waals surface area (Å²) in [5, 5.41) is 7.86. The Morgan fingerprint density at radius 3 is 2.36 bits per heavy atom. The number of hydrogen-bond donors (Lipinski definition) is 1. The first-order chi connectivity index (χ1) is 16.1. The van der Waals surface area contributed by atoms with E-state index in [1.54, 1.807) is 0 Å². The lowest BCUT2D eigenvalue weighted by Crippen LogP contribution is -2.43. The maximum Gasteiger partial charge on any atom is 0.234 e. The number of rotatable bonds is 8. The van der Waals surface area contributed by atoms with Crippen LogP contribution in [0.5, 0.6) is 0 Å². The van der Waals surface area contributed by atoms with E-state index in [2.05, 4.69) is 46.3 Å². The van der Waals surface area contributed by atoms with Crippen LogP contribution in [0.15, 0.2) is 30.3 Å². The Labute approximate surface area is 199 Å². The summed E-state index contributed by atoms with van der Waals surface area (Å²) in [7, 11) is 0. The molecule has 33 heavy (non-hydrogen) atoms. The predicted molar refractivity (Wildman–Crippen MR) is 133 cm³/mol. The van der Waals surface area contributed by atoms with Gasteiger partial charge in [0.05, 0.1) is 18.8 Å². The Hall–Kier alpha value is -2.18. The quantitative estimate of drug-likeness (QED) is 0.664. The summed E-state index contributed by atoms with van der Waals surface area (Å²) >= 11 is 0. The number of nitrogens with zero attached hydrogens (tertiary/aromatic N) is 4. The number of carbonyl (C=O) groups excluding carboxylic acids is 1. The Kier molecular flexibility index (Phi) is 8.57. The topological polar surface area (TPSA) is 53.4 Å². The zero-order valence-corrected chi connectivity index (χ0v) is 20.6. The Balaban J connectivity index is 1.20. The Morgan fingerprint density at radius 2 is 1.67 bits per heavy atom. The number of amides is 1. The van der Waals surface area contributed by atoms with E-state index in [1.165, 1.54) is 63.7 Å². The lowest BCUT2D eigenvalue weighted by Gasteiger charge is -2.34. The molecule has 2 fully saturated rings. The first kappa shape index (κ1) is 24.0. The highest BCUT2D eigenvalue weighted by Gasteiger charge is 2.23. The van der Waals surface area contributed by atoms with E-state index in [-0.39, 0.29) is 5.91 Å². The summed E-state index contributed by atoms with van der Waals surface area (Å²) in [6.45, 7) is 11.8. The van der Waals surface area contributed by atoms with E-state index in [0.717, 1.165) is 42.5 Å². The third-order valence-electron chi connectivity index (χ3n) is 7.46. The highest BCUT2D eigenvalue weighted by atomic mass is 16.2. The van der Waals surface area contributed by atoms with Gasteiger partial charge in [-0.05, 0) is 77.2 Å². The first-order valence-electron chi connectivity index (χ1n) is 12.9. The minimum atomic E-state index is 0.121. The van der Waals surface area contributed by atoms with E-state index in [4.69, 9.17) is 5.10 Å². The van der Waals surface area contributed by atoms with Crippen LogP contribution < -0.4 is 5.32 Å². The summed E-state index contributed by atoms with van der Waals surface area (Å²) < 4.78 is 2.04. The minimum Gasteiger partial charge on any atom is -0.351 e. The van der Waals surface area contributed by atoms with Gasteiger partial charge in [-0.25, -0.2) is 0 Å². The molecule has 0 spiro atoms. The summed E-state index contributed by atoms with van der Waals surface area (Å²) in [5.41, 5.74) is 4.50. The van der Waals surface area contributed by atoms with Gasteiger partial charge in [-0.1, -0.05) is 43.2 Å². The van der Waals surface area contributed by atoms with Gasteiger partial charge < -0.3 is 10.2 Å². The van der Waals surface area contributed by atoms with Crippen molar-refractivity contribution in [2.24, 2.45) is 5.92 Å². The van der Waals surface area contributed by atoms with Crippen LogP contribution in [0.2, 0.25) is 0 Å². The molecule has 180 valence electrons. The number of aromatic nitrogens is 2. The van der Waals surface area contributed by atoms with E-state index in [0.29, 0.717) is 13.1 Å². The molecule has 0 bridgehead atoms. The van der Waals surface area contributed by atoms with Crippen LogP contribution in [-0.4, -0.2) is 64.8 Å². The predicted octanol–water partition coefficient (Wildman–Crippen LogP) is 3.75. The zero-order chi connectivity index (χ0) is 23.0. The van der Waals surface area contributed by atoms with Gasteiger partial charge in [0, 0.05) is 24.3 Å². The van der Waals surface area contributed by atoms with Crippen molar-refractivity contribution >= 4 is 5.91 Å². The SMILES string of the molecule is Cc1nn(Cc2ccccc2)c(C)c1CNC(=O)CN1CCC(CN2CCCCCC2)CC1. The normalized spacial score (nSPS) is 18.8. The Bertz CT molecular complexity index is 877. The largest absolute Gasteiger partial charge is 0.351 e. The second kappa shape index (κ2) is 11.8. The van der Waals surface area contributed by atoms with Gasteiger partial charge in [-0.15, -0.1) is 0 Å². The molecular formula is C27H41N5O. The fourth-order valence-corrected chi connectivity index (χ4v) is 5.36. The molecule has 1 aromatic carbocycles. The van der Waals surface area contributed by atoms with Crippen molar-refractivity contribution in [3.63, 3.8) is 0 Å². The van der Waals surface area contributed by atoms with Crippen LogP contribution in [0.1, 0.15) is 61.0 Å². The number of benzene rings is 1. The summed E-state index contributed by atoms with van der Waals surface area (Å²) in [6.07, 6.45) is 7.96. The number of nitrogens with one attached hydrogen (secondary N) is 1. The highest BCUT2D eigenvalue weighted by Crippen LogP contribution is 2.20. The first-order valence-corrected chi connectivity index (χ1v) is 12.9. The molecule has 2 aliphatic heterocycles. The molecule has 2 saturated heterocycles. The van der Waals surface area contributed by atoms with Crippen molar-refractivity contribution in [3.8, 4) is 0 Å². The molecule has 0 radical (unpaired) electrons. The number of aryl methyl sites for hydroxylation is 1. The van der Waals surface area contributed by atoms with Crippen molar-refractivity contribution in [2.45, 2.75) is 65.5 Å². The smallest absolute Gasteiger partial charge is 0.234 e. The third-order valence-corrected chi connectivity index (χ3v) is 7.46. The molecule has 0 saturated carbocycles. The van der Waals surface area contributed by atoms with E-state index < -0.39 is 0 Å². The number of carbonyl (C=O) groups is 1. The van der Waals surface area contributed by atoms with E-state index >= 15 is 0 Å². The average molecular weight is 452 g/mol. The average Bonchev–Trinajstić information content (AvgIpc) is 2.98. The summed E-state index contributed by atoms with van der Waals surface area (Å²) in [5.74, 6) is 0.916. The molecule has 6 nitrogen and oxygen atoms in total. The molecule has 4 rings (SSSR count). The van der Waals surface area contributed by atoms with E-state index in [9.17, 15) is 4.79 Å². The Morgan fingerprint density at radius 1 is 0.970 bits per heavy atom. The fraction of sp³-hybridized carbons (Fsp3) is 0.630. The molecule has 6 heteroatoms. The monoisotopic (exact) mass is 451 g/mol. The van der Waals surface area contributed by atoms with Gasteiger partial charge in [0.2, 0.25) is 5.91 Å². The lowest BCUT2D eigenvalue weighted by molar-refractivity contribution is -0.122. The van der Waals surface area contributed by atoms with Gasteiger partial charge in [0.1, 0.15) is 0 Å². The van der Waals surface area contributed by atoms with Gasteiger partial charge in [0.25, 0.3) is 0 Å². The number of hydrogen-bond acceptors (Lipinski definition) is 4. The highest BCUT2D eigenvalue weighted by molar-refractivity contribution is 5.78. The second-order valence-electron chi connectivity index (χ2n) is 10.0. The van der Waals surface area contributed by atoms with Crippen molar-refractivity contribution in [1.29, 1.82) is 0 Å². The van der Waals surface area contributed by atoms with Crippen LogP contribution in [0.25, 0.3) is 0 Å². The van der Waals surface area contributed by atoms with Crippen molar-refractivity contribution in [2.75, 3.05) is 39.3 Å². The van der Waals surface area contributed by atoms with Crippen molar-refractivity contribution in [3.05, 3.63) is 52.8 Å². The summed E-state index contributed by atoms with van der Waals surface area (Å²) in [6, 6.07) is 10.4. The molecule has 1 aromatic heterocycles. The molecular weight excluding hydrogens is 410 g/mol. The van der Waals surface area contributed by atoms with Crippen LogP contribution in [0.3, 0.4) is 0 Å². The van der Waals surface area contributed by atoms with Crippen molar-refractivity contribution < 1.29 is 4.79 Å². The molecule has 2 aliphatic rings. The van der Waals surface area contributed by atoms with Crippen LogP contribution in [0.4, 0.5) is 0 Å². The second-order valence-corrected chi connectivity index (χ2v) is 10.0. The van der Waals surface area contributed by atoms with E-state index in [1.807, 2.05) is 17.7 Å². The zero-order valence-electron chi connectivity index (χ0n) is 20.6. The third kappa shape index (κ3) is 6.90. The fourth-order valence-electron chi connectivity index (χ4n) is 5.36. The van der Waals surface area contributed by atoms with Crippen molar-refractivity contribution in [1.82, 2.24) is 24.9 Å². The lowest BCUT2D eigenvalue weighted by atomic mass is 9.96. The van der Waals surface area contributed by atoms with Crippen LogP contribution in [0, 0.1) is 19.8 Å². The molecule has 0 unspecified atom stereocenters. The van der Waals surface area contributed by atoms with Gasteiger partial charge in [0.15, 0.2) is 0 Å².